The minimum absolute atomic E-state index is 0.00674. The van der Waals surface area contributed by atoms with Crippen LogP contribution in [0.25, 0.3) is 5.69 Å². The van der Waals surface area contributed by atoms with E-state index >= 15 is 0 Å². The first-order chi connectivity index (χ1) is 20.9. The highest BCUT2D eigenvalue weighted by atomic mass is 32.2. The summed E-state index contributed by atoms with van der Waals surface area (Å²) < 4.78 is 89.3. The summed E-state index contributed by atoms with van der Waals surface area (Å²) in [6.07, 6.45) is -4.27. The van der Waals surface area contributed by atoms with E-state index in [1.54, 1.807) is 43.4 Å². The zero-order valence-electron chi connectivity index (χ0n) is 23.8. The molecule has 2 atom stereocenters. The molecule has 2 bridgehead atoms. The van der Waals surface area contributed by atoms with Crippen molar-refractivity contribution in [3.8, 4) is 17.2 Å². The minimum atomic E-state index is -4.85. The van der Waals surface area contributed by atoms with Gasteiger partial charge in [0, 0.05) is 42.4 Å². The van der Waals surface area contributed by atoms with Gasteiger partial charge in [-0.15, -0.1) is 0 Å². The van der Waals surface area contributed by atoms with Crippen molar-refractivity contribution in [1.29, 1.82) is 0 Å². The van der Waals surface area contributed by atoms with Crippen LogP contribution in [0.3, 0.4) is 0 Å². The second-order valence-corrected chi connectivity index (χ2v) is 12.8. The van der Waals surface area contributed by atoms with Crippen LogP contribution in [0.15, 0.2) is 51.9 Å². The lowest BCUT2D eigenvalue weighted by Crippen LogP contribution is -2.42. The molecule has 2 aromatic carbocycles. The summed E-state index contributed by atoms with van der Waals surface area (Å²) in [5.74, 6) is 0.734. The number of amides is 1. The summed E-state index contributed by atoms with van der Waals surface area (Å²) in [4.78, 5) is 14.7. The van der Waals surface area contributed by atoms with Crippen molar-refractivity contribution in [2.75, 3.05) is 18.7 Å². The van der Waals surface area contributed by atoms with Crippen molar-refractivity contribution in [2.45, 2.75) is 56.3 Å². The smallest absolute Gasteiger partial charge is 0.435 e. The predicted octanol–water partition coefficient (Wildman–Crippen LogP) is 4.95. The van der Waals surface area contributed by atoms with Crippen molar-refractivity contribution >= 4 is 21.6 Å². The van der Waals surface area contributed by atoms with Gasteiger partial charge < -0.3 is 18.9 Å². The number of aromatic nitrogens is 3. The Morgan fingerprint density at radius 3 is 2.57 bits per heavy atom. The summed E-state index contributed by atoms with van der Waals surface area (Å²) >= 11 is 0. The van der Waals surface area contributed by atoms with E-state index in [0.717, 1.165) is 0 Å². The molecule has 11 nitrogen and oxygen atoms in total. The number of anilines is 1. The Hall–Kier alpha value is -4.37. The standard InChI is InChI=1S/C29H26F3N5O6S/c1-15-26(16(2)43-34-15)44(39,40)37-20-7-9-21(37)25-22(12-20)36(33-27(25)29(30,31)32)19-6-4-5-17(11-19)28(38)35(3)18-8-10-23-24(13-18)42-14-41-23/h4-6,8,10-11,13,20-21H,7,9,12,14H2,1-3H3/t20-,21+/m0/s1. The molecule has 4 aromatic rings. The van der Waals surface area contributed by atoms with Crippen LogP contribution < -0.4 is 14.4 Å². The molecule has 0 unspecified atom stereocenters. The SMILES string of the molecule is Cc1noc(C)c1S(=O)(=O)N1[C@H]2CC[C@@H]1c1c(C(F)(F)F)nn(-c3cccc(C(=O)N(C)c4ccc5c(c4)OCO5)c3)c1C2. The van der Waals surface area contributed by atoms with Gasteiger partial charge >= 0.3 is 6.18 Å². The molecule has 0 aliphatic carbocycles. The van der Waals surface area contributed by atoms with Crippen LogP contribution >= 0.6 is 0 Å². The molecule has 15 heteroatoms. The number of aryl methyl sites for hydroxylation is 2. The molecule has 0 radical (unpaired) electrons. The van der Waals surface area contributed by atoms with Crippen LogP contribution in [0.2, 0.25) is 0 Å². The van der Waals surface area contributed by atoms with Crippen LogP contribution in [0.1, 0.15) is 57.6 Å². The molecule has 5 heterocycles. The monoisotopic (exact) mass is 629 g/mol. The Kier molecular flexibility index (Phi) is 6.34. The third kappa shape index (κ3) is 4.28. The normalized spacial score (nSPS) is 19.3. The number of carbonyl (C=O) groups excluding carboxylic acids is 1. The zero-order chi connectivity index (χ0) is 31.1. The predicted molar refractivity (Wildman–Crippen MR) is 148 cm³/mol. The van der Waals surface area contributed by atoms with Gasteiger partial charge in [-0.25, -0.2) is 13.1 Å². The number of ether oxygens (including phenoxy) is 2. The maximum atomic E-state index is 14.5. The molecular weight excluding hydrogens is 603 g/mol. The maximum Gasteiger partial charge on any atom is 0.435 e. The van der Waals surface area contributed by atoms with Crippen LogP contribution in [0.5, 0.6) is 11.5 Å². The van der Waals surface area contributed by atoms with E-state index in [4.69, 9.17) is 14.0 Å². The molecule has 0 saturated carbocycles. The number of sulfonamides is 1. The largest absolute Gasteiger partial charge is 0.454 e. The molecule has 7 rings (SSSR count). The quantitative estimate of drug-likeness (QED) is 0.304. The van der Waals surface area contributed by atoms with Crippen molar-refractivity contribution in [3.63, 3.8) is 0 Å². The van der Waals surface area contributed by atoms with Crippen molar-refractivity contribution < 1.29 is 40.4 Å². The molecule has 230 valence electrons. The number of hydrogen-bond acceptors (Lipinski definition) is 8. The zero-order valence-corrected chi connectivity index (χ0v) is 24.6. The van der Waals surface area contributed by atoms with Gasteiger partial charge in [-0.1, -0.05) is 11.2 Å². The van der Waals surface area contributed by atoms with Crippen LogP contribution in [0, 0.1) is 13.8 Å². The number of hydrogen-bond donors (Lipinski definition) is 0. The number of alkyl halides is 3. The number of carbonyl (C=O) groups is 1. The lowest BCUT2D eigenvalue weighted by Gasteiger charge is -2.34. The highest BCUT2D eigenvalue weighted by molar-refractivity contribution is 7.89. The van der Waals surface area contributed by atoms with E-state index in [1.807, 2.05) is 0 Å². The average Bonchev–Trinajstić information content (AvgIpc) is 3.76. The average molecular weight is 630 g/mol. The summed E-state index contributed by atoms with van der Waals surface area (Å²) in [7, 11) is -2.65. The fourth-order valence-corrected chi connectivity index (χ4v) is 8.61. The molecule has 0 N–H and O–H groups in total. The molecule has 1 amide bonds. The first kappa shape index (κ1) is 28.4. The van der Waals surface area contributed by atoms with E-state index in [0.29, 0.717) is 23.6 Å². The van der Waals surface area contributed by atoms with Gasteiger partial charge in [-0.3, -0.25) is 4.79 Å². The van der Waals surface area contributed by atoms with Crippen LogP contribution in [0.4, 0.5) is 18.9 Å². The third-order valence-electron chi connectivity index (χ3n) is 8.38. The van der Waals surface area contributed by atoms with E-state index < -0.39 is 39.9 Å². The highest BCUT2D eigenvalue weighted by Gasteiger charge is 2.54. The van der Waals surface area contributed by atoms with Crippen molar-refractivity contribution in [3.05, 3.63) is 76.4 Å². The van der Waals surface area contributed by atoms with Crippen LogP contribution in [-0.2, 0) is 22.6 Å². The molecule has 3 aliphatic heterocycles. The Morgan fingerprint density at radius 2 is 1.84 bits per heavy atom. The molecule has 2 aromatic heterocycles. The molecule has 44 heavy (non-hydrogen) atoms. The maximum absolute atomic E-state index is 14.5. The van der Waals surface area contributed by atoms with E-state index in [1.165, 1.54) is 33.8 Å². The Bertz CT molecular complexity index is 1920. The van der Waals surface area contributed by atoms with Crippen molar-refractivity contribution in [1.82, 2.24) is 19.2 Å². The molecule has 1 saturated heterocycles. The van der Waals surface area contributed by atoms with Gasteiger partial charge in [-0.2, -0.15) is 22.6 Å². The minimum Gasteiger partial charge on any atom is -0.454 e. The highest BCUT2D eigenvalue weighted by Crippen LogP contribution is 2.51. The van der Waals surface area contributed by atoms with Crippen LogP contribution in [-0.4, -0.2) is 53.4 Å². The second-order valence-electron chi connectivity index (χ2n) is 11.0. The van der Waals surface area contributed by atoms with Gasteiger partial charge in [0.05, 0.1) is 17.4 Å². The number of nitrogens with zero attached hydrogens (tertiary/aromatic N) is 5. The molecular formula is C29H26F3N5O6S. The Balaban J connectivity index is 1.28. The lowest BCUT2D eigenvalue weighted by molar-refractivity contribution is -0.142. The van der Waals surface area contributed by atoms with Crippen molar-refractivity contribution in [2.24, 2.45) is 0 Å². The topological polar surface area (TPSA) is 120 Å². The number of fused-ring (bicyclic) bond motifs is 5. The first-order valence-corrected chi connectivity index (χ1v) is 15.2. The molecule has 3 aliphatic rings. The summed E-state index contributed by atoms with van der Waals surface area (Å²) in [6.45, 7) is 3.03. The fraction of sp³-hybridized carbons (Fsp3) is 0.345. The van der Waals surface area contributed by atoms with Gasteiger partial charge in [0.2, 0.25) is 16.8 Å². The van der Waals surface area contributed by atoms with Gasteiger partial charge in [-0.05, 0) is 57.0 Å². The lowest BCUT2D eigenvalue weighted by atomic mass is 9.99. The Morgan fingerprint density at radius 1 is 1.07 bits per heavy atom. The van der Waals surface area contributed by atoms with Gasteiger partial charge in [0.25, 0.3) is 5.91 Å². The second kappa shape index (κ2) is 9.82. The van der Waals surface area contributed by atoms with E-state index in [-0.39, 0.29) is 58.5 Å². The summed E-state index contributed by atoms with van der Waals surface area (Å²) in [5.41, 5.74) is 0.110. The van der Waals surface area contributed by atoms with Gasteiger partial charge in [0.15, 0.2) is 23.0 Å². The number of benzene rings is 2. The first-order valence-electron chi connectivity index (χ1n) is 13.8. The Labute approximate surface area is 249 Å². The van der Waals surface area contributed by atoms with Gasteiger partial charge in [0.1, 0.15) is 10.6 Å². The fourth-order valence-electron chi connectivity index (χ4n) is 6.47. The summed E-state index contributed by atoms with van der Waals surface area (Å²) in [5, 5.41) is 7.74. The number of rotatable bonds is 5. The third-order valence-corrected chi connectivity index (χ3v) is 10.6. The number of halogens is 3. The molecule has 1 fully saturated rings. The van der Waals surface area contributed by atoms with E-state index in [9.17, 15) is 26.4 Å². The summed E-state index contributed by atoms with van der Waals surface area (Å²) in [6, 6.07) is 9.58. The van der Waals surface area contributed by atoms with E-state index in [2.05, 4.69) is 10.3 Å². The molecule has 0 spiro atoms.